The molecule has 2 N–H and O–H groups in total. The highest BCUT2D eigenvalue weighted by molar-refractivity contribution is 6.04. The van der Waals surface area contributed by atoms with Crippen LogP contribution in [0.3, 0.4) is 0 Å². The van der Waals surface area contributed by atoms with Gasteiger partial charge in [0.15, 0.2) is 5.82 Å². The molecule has 1 aromatic heterocycles. The van der Waals surface area contributed by atoms with E-state index in [-0.39, 0.29) is 18.5 Å². The van der Waals surface area contributed by atoms with Gasteiger partial charge in [0.25, 0.3) is 5.91 Å². The van der Waals surface area contributed by atoms with Gasteiger partial charge in [-0.25, -0.2) is 14.8 Å². The van der Waals surface area contributed by atoms with Crippen LogP contribution in [0.4, 0.5) is 10.6 Å². The number of imide groups is 1. The van der Waals surface area contributed by atoms with Crippen LogP contribution in [0, 0.1) is 6.92 Å². The van der Waals surface area contributed by atoms with Gasteiger partial charge in [-0.15, -0.1) is 0 Å². The Hall–Kier alpha value is -2.18. The molecule has 0 radical (unpaired) electrons. The Labute approximate surface area is 117 Å². The number of rotatable bonds is 5. The number of nitrogens with zero attached hydrogens (tertiary/aromatic N) is 3. The van der Waals surface area contributed by atoms with E-state index >= 15 is 0 Å². The van der Waals surface area contributed by atoms with Crippen molar-refractivity contribution in [1.82, 2.24) is 20.2 Å². The fourth-order valence-corrected chi connectivity index (χ4v) is 2.18. The summed E-state index contributed by atoms with van der Waals surface area (Å²) in [7, 11) is 1.76. The van der Waals surface area contributed by atoms with Crippen molar-refractivity contribution in [2.45, 2.75) is 39.3 Å². The molecule has 1 atom stereocenters. The van der Waals surface area contributed by atoms with Gasteiger partial charge in [-0.05, 0) is 13.3 Å². The number of carbonyl (C=O) groups excluding carboxylic acids is 2. The van der Waals surface area contributed by atoms with Gasteiger partial charge < -0.3 is 10.6 Å². The zero-order valence-corrected chi connectivity index (χ0v) is 11.9. The van der Waals surface area contributed by atoms with Crippen LogP contribution in [0.1, 0.15) is 31.3 Å². The Morgan fingerprint density at radius 1 is 1.40 bits per heavy atom. The van der Waals surface area contributed by atoms with Crippen molar-refractivity contribution < 1.29 is 9.59 Å². The lowest BCUT2D eigenvalue weighted by Crippen LogP contribution is -2.31. The van der Waals surface area contributed by atoms with E-state index in [2.05, 4.69) is 20.6 Å². The maximum Gasteiger partial charge on any atom is 0.325 e. The highest BCUT2D eigenvalue weighted by atomic mass is 16.2. The van der Waals surface area contributed by atoms with Gasteiger partial charge in [-0.2, -0.15) is 0 Å². The van der Waals surface area contributed by atoms with Crippen molar-refractivity contribution in [3.63, 3.8) is 0 Å². The zero-order valence-electron chi connectivity index (χ0n) is 11.9. The van der Waals surface area contributed by atoms with Crippen LogP contribution >= 0.6 is 0 Å². The molecule has 108 valence electrons. The third kappa shape index (κ3) is 2.87. The molecule has 7 nitrogen and oxygen atoms in total. The highest BCUT2D eigenvalue weighted by Crippen LogP contribution is 2.14. The van der Waals surface area contributed by atoms with E-state index in [1.807, 2.05) is 13.8 Å². The second-order valence-electron chi connectivity index (χ2n) is 4.78. The molecule has 0 bridgehead atoms. The summed E-state index contributed by atoms with van der Waals surface area (Å²) in [4.78, 5) is 33.7. The quantitative estimate of drug-likeness (QED) is 0.785. The van der Waals surface area contributed by atoms with Crippen LogP contribution in [0.5, 0.6) is 0 Å². The monoisotopic (exact) mass is 277 g/mol. The maximum atomic E-state index is 12.1. The Morgan fingerprint density at radius 2 is 2.15 bits per heavy atom. The molecule has 20 heavy (non-hydrogen) atoms. The topological polar surface area (TPSA) is 87.2 Å². The van der Waals surface area contributed by atoms with Crippen LogP contribution < -0.4 is 10.6 Å². The largest absolute Gasteiger partial charge is 0.373 e. The first-order chi connectivity index (χ1) is 9.55. The number of aryl methyl sites for hydroxylation is 1. The molecule has 0 aliphatic carbocycles. The molecule has 0 spiro atoms. The van der Waals surface area contributed by atoms with E-state index in [4.69, 9.17) is 0 Å². The lowest BCUT2D eigenvalue weighted by atomic mass is 10.2. The summed E-state index contributed by atoms with van der Waals surface area (Å²) in [6, 6.07) is 1.01. The third-order valence-corrected chi connectivity index (χ3v) is 3.14. The summed E-state index contributed by atoms with van der Waals surface area (Å²) >= 11 is 0. The van der Waals surface area contributed by atoms with E-state index in [0.29, 0.717) is 18.1 Å². The van der Waals surface area contributed by atoms with Crippen LogP contribution in [0.25, 0.3) is 0 Å². The summed E-state index contributed by atoms with van der Waals surface area (Å²) < 4.78 is 0. The normalized spacial score (nSPS) is 18.4. The Kier molecular flexibility index (Phi) is 4.16. The molecule has 1 saturated heterocycles. The first-order valence-corrected chi connectivity index (χ1v) is 6.69. The van der Waals surface area contributed by atoms with Crippen LogP contribution in [-0.2, 0) is 11.3 Å². The lowest BCUT2D eigenvalue weighted by Gasteiger charge is -2.13. The maximum absolute atomic E-state index is 12.1. The average molecular weight is 277 g/mol. The molecule has 2 heterocycles. The van der Waals surface area contributed by atoms with E-state index in [9.17, 15) is 9.59 Å². The zero-order chi connectivity index (χ0) is 14.7. The van der Waals surface area contributed by atoms with Crippen molar-refractivity contribution in [3.05, 3.63) is 17.6 Å². The van der Waals surface area contributed by atoms with Crippen molar-refractivity contribution in [2.75, 3.05) is 12.4 Å². The molecule has 2 rings (SSSR count). The summed E-state index contributed by atoms with van der Waals surface area (Å²) in [5, 5.41) is 5.61. The molecule has 1 aliphatic heterocycles. The molecule has 1 fully saturated rings. The molecular weight excluding hydrogens is 258 g/mol. The minimum absolute atomic E-state index is 0.0985. The van der Waals surface area contributed by atoms with Gasteiger partial charge in [0.2, 0.25) is 0 Å². The minimum Gasteiger partial charge on any atom is -0.373 e. The van der Waals surface area contributed by atoms with E-state index in [1.165, 1.54) is 4.90 Å². The molecule has 1 aromatic rings. The molecule has 1 unspecified atom stereocenters. The van der Waals surface area contributed by atoms with Gasteiger partial charge in [-0.1, -0.05) is 13.3 Å². The van der Waals surface area contributed by atoms with E-state index in [0.717, 1.165) is 12.1 Å². The van der Waals surface area contributed by atoms with Crippen LogP contribution in [0.2, 0.25) is 0 Å². The SMILES string of the molecule is CCCC1NC(=O)N(Cc2nc(C)cc(NC)n2)C1=O. The average Bonchev–Trinajstić information content (AvgIpc) is 2.66. The number of anilines is 1. The lowest BCUT2D eigenvalue weighted by molar-refractivity contribution is -0.128. The number of nitrogens with one attached hydrogen (secondary N) is 2. The molecule has 0 saturated carbocycles. The molecular formula is C13H19N5O2. The van der Waals surface area contributed by atoms with E-state index in [1.54, 1.807) is 13.1 Å². The Bertz CT molecular complexity index is 531. The van der Waals surface area contributed by atoms with Crippen molar-refractivity contribution in [3.8, 4) is 0 Å². The standard InChI is InChI=1S/C13H19N5O2/c1-4-5-9-12(19)18(13(20)16-9)7-11-15-8(2)6-10(14-3)17-11/h6,9H,4-5,7H2,1-3H3,(H,16,20)(H,14,15,17). The highest BCUT2D eigenvalue weighted by Gasteiger charge is 2.37. The molecule has 3 amide bonds. The predicted molar refractivity (Wildman–Crippen MR) is 74.1 cm³/mol. The summed E-state index contributed by atoms with van der Waals surface area (Å²) in [5.74, 6) is 0.924. The second kappa shape index (κ2) is 5.85. The van der Waals surface area contributed by atoms with Crippen LogP contribution in [-0.4, -0.2) is 39.9 Å². The summed E-state index contributed by atoms with van der Waals surface area (Å²) in [5.41, 5.74) is 0.788. The number of amides is 3. The minimum atomic E-state index is -0.416. The number of aromatic nitrogens is 2. The van der Waals surface area contributed by atoms with Gasteiger partial charge in [0, 0.05) is 18.8 Å². The van der Waals surface area contributed by atoms with Gasteiger partial charge in [0.05, 0.1) is 6.54 Å². The van der Waals surface area contributed by atoms with E-state index < -0.39 is 6.04 Å². The molecule has 1 aliphatic rings. The van der Waals surface area contributed by atoms with Crippen molar-refractivity contribution in [2.24, 2.45) is 0 Å². The first kappa shape index (κ1) is 14.2. The summed E-state index contributed by atoms with van der Waals surface area (Å²) in [6.07, 6.45) is 1.49. The van der Waals surface area contributed by atoms with Gasteiger partial charge in [0.1, 0.15) is 11.9 Å². The predicted octanol–water partition coefficient (Wildman–Crippen LogP) is 1.05. The fraction of sp³-hybridized carbons (Fsp3) is 0.538. The Balaban J connectivity index is 2.15. The van der Waals surface area contributed by atoms with Crippen LogP contribution in [0.15, 0.2) is 6.07 Å². The number of hydrogen-bond acceptors (Lipinski definition) is 5. The molecule has 0 aromatic carbocycles. The van der Waals surface area contributed by atoms with Crippen molar-refractivity contribution >= 4 is 17.8 Å². The van der Waals surface area contributed by atoms with Gasteiger partial charge in [-0.3, -0.25) is 9.69 Å². The fourth-order valence-electron chi connectivity index (χ4n) is 2.18. The molecule has 7 heteroatoms. The smallest absolute Gasteiger partial charge is 0.325 e. The van der Waals surface area contributed by atoms with Crippen molar-refractivity contribution in [1.29, 1.82) is 0 Å². The number of carbonyl (C=O) groups is 2. The first-order valence-electron chi connectivity index (χ1n) is 6.69. The number of urea groups is 1. The third-order valence-electron chi connectivity index (χ3n) is 3.14. The Morgan fingerprint density at radius 3 is 2.80 bits per heavy atom. The second-order valence-corrected chi connectivity index (χ2v) is 4.78. The van der Waals surface area contributed by atoms with Gasteiger partial charge >= 0.3 is 6.03 Å². The summed E-state index contributed by atoms with van der Waals surface area (Å²) in [6.45, 7) is 3.92. The number of hydrogen-bond donors (Lipinski definition) is 2.